The third-order valence-electron chi connectivity index (χ3n) is 6.82. The first-order valence-corrected chi connectivity index (χ1v) is 12.2. The molecule has 0 spiro atoms. The van der Waals surface area contributed by atoms with Gasteiger partial charge < -0.3 is 26.6 Å². The molecule has 0 saturated carbocycles. The molecule has 188 valence electrons. The summed E-state index contributed by atoms with van der Waals surface area (Å²) in [7, 11) is 0. The zero-order chi connectivity index (χ0) is 24.4. The second-order valence-corrected chi connectivity index (χ2v) is 9.70. The number of halogens is 2. The van der Waals surface area contributed by atoms with E-state index in [2.05, 4.69) is 10.2 Å². The largest absolute Gasteiger partial charge is 0.355 e. The van der Waals surface area contributed by atoms with Crippen LogP contribution >= 0.6 is 0 Å². The predicted molar refractivity (Wildman–Crippen MR) is 127 cm³/mol. The van der Waals surface area contributed by atoms with Crippen LogP contribution in [-0.2, 0) is 4.79 Å². The highest BCUT2D eigenvalue weighted by molar-refractivity contribution is 5.82. The number of nitrogens with one attached hydrogen (secondary N) is 1. The maximum absolute atomic E-state index is 13.2. The van der Waals surface area contributed by atoms with Gasteiger partial charge in [-0.15, -0.1) is 0 Å². The highest BCUT2D eigenvalue weighted by atomic mass is 19.3. The van der Waals surface area contributed by atoms with E-state index in [1.165, 1.54) is 0 Å². The molecular weight excluding hydrogens is 442 g/mol. The smallest absolute Gasteiger partial charge is 0.250 e. The molecule has 2 aromatic rings. The molecule has 4 rings (SSSR count). The number of rotatable bonds is 8. The molecule has 2 aliphatic rings. The Bertz CT molecular complexity index is 999. The van der Waals surface area contributed by atoms with Gasteiger partial charge in [-0.1, -0.05) is 0 Å². The number of hydrogen-bond acceptors (Lipinski definition) is 7. The third kappa shape index (κ3) is 5.47. The Hall–Kier alpha value is -2.37. The molecule has 4 heterocycles. The Morgan fingerprint density at radius 2 is 2.09 bits per heavy atom. The van der Waals surface area contributed by atoms with E-state index in [-0.39, 0.29) is 24.0 Å². The number of anilines is 1. The SMILES string of the molecule is Cc1cn2nc([C@@H]3CCCCN3C(=O)C(N)CC(C)NCC(F)F)cc2nc1N1CC[C@H](N)C1. The number of hydrogen-bond donors (Lipinski definition) is 3. The van der Waals surface area contributed by atoms with Crippen molar-refractivity contribution >= 4 is 17.4 Å². The van der Waals surface area contributed by atoms with Crippen molar-refractivity contribution in [2.45, 2.75) is 76.5 Å². The average Bonchev–Trinajstić information content (AvgIpc) is 3.42. The van der Waals surface area contributed by atoms with Crippen LogP contribution in [0.1, 0.15) is 56.3 Å². The molecule has 5 N–H and O–H groups in total. The molecule has 0 aromatic carbocycles. The Kier molecular flexibility index (Phi) is 7.63. The lowest BCUT2D eigenvalue weighted by atomic mass is 9.97. The summed E-state index contributed by atoms with van der Waals surface area (Å²) in [6.07, 6.45) is 3.48. The fraction of sp³-hybridized carbons (Fsp3) is 0.696. The molecule has 0 aliphatic carbocycles. The van der Waals surface area contributed by atoms with Crippen LogP contribution < -0.4 is 21.7 Å². The number of amides is 1. The second-order valence-electron chi connectivity index (χ2n) is 9.70. The number of nitrogens with zero attached hydrogens (tertiary/aromatic N) is 5. The van der Waals surface area contributed by atoms with Gasteiger partial charge in [-0.3, -0.25) is 4.79 Å². The zero-order valence-electron chi connectivity index (χ0n) is 20.0. The number of carbonyl (C=O) groups is 1. The lowest BCUT2D eigenvalue weighted by Gasteiger charge is -2.36. The first kappa shape index (κ1) is 24.7. The van der Waals surface area contributed by atoms with E-state index in [9.17, 15) is 13.6 Å². The molecule has 11 heteroatoms. The number of likely N-dealkylation sites (tertiary alicyclic amines) is 1. The lowest BCUT2D eigenvalue weighted by Crippen LogP contribution is -2.49. The molecule has 2 aromatic heterocycles. The van der Waals surface area contributed by atoms with E-state index in [1.807, 2.05) is 24.1 Å². The molecule has 1 amide bonds. The number of nitrogens with two attached hydrogens (primary N) is 2. The maximum atomic E-state index is 13.2. The minimum absolute atomic E-state index is 0.164. The van der Waals surface area contributed by atoms with Gasteiger partial charge in [0.15, 0.2) is 5.65 Å². The minimum Gasteiger partial charge on any atom is -0.355 e. The van der Waals surface area contributed by atoms with Gasteiger partial charge in [-0.25, -0.2) is 18.3 Å². The number of carbonyl (C=O) groups excluding carboxylic acids is 1. The Balaban J connectivity index is 1.51. The van der Waals surface area contributed by atoms with Gasteiger partial charge in [0.1, 0.15) is 5.82 Å². The van der Waals surface area contributed by atoms with Crippen molar-refractivity contribution in [2.24, 2.45) is 11.5 Å². The standard InChI is InChI=1S/C23H36F2N8O/c1-14-12-33-21(29-22(14)31-8-6-16(26)13-31)10-18(30-33)19-5-3-4-7-32(19)23(34)17(27)9-15(2)28-11-20(24)25/h10,12,15-17,19-20,28H,3-9,11,13,26-27H2,1-2H3/t15?,16-,17?,19-/m0/s1. The van der Waals surface area contributed by atoms with E-state index in [0.717, 1.165) is 61.5 Å². The number of aromatic nitrogens is 3. The predicted octanol–water partition coefficient (Wildman–Crippen LogP) is 1.59. The Morgan fingerprint density at radius 3 is 2.79 bits per heavy atom. The maximum Gasteiger partial charge on any atom is 0.250 e. The summed E-state index contributed by atoms with van der Waals surface area (Å²) < 4.78 is 26.7. The minimum atomic E-state index is -2.43. The lowest BCUT2D eigenvalue weighted by molar-refractivity contribution is -0.136. The number of alkyl halides is 2. The molecule has 34 heavy (non-hydrogen) atoms. The van der Waals surface area contributed by atoms with E-state index < -0.39 is 19.0 Å². The molecule has 0 bridgehead atoms. The van der Waals surface area contributed by atoms with Crippen molar-refractivity contribution in [1.29, 1.82) is 0 Å². The van der Waals surface area contributed by atoms with Crippen LogP contribution in [-0.4, -0.2) is 76.1 Å². The van der Waals surface area contributed by atoms with Crippen molar-refractivity contribution < 1.29 is 13.6 Å². The van der Waals surface area contributed by atoms with Crippen LogP contribution in [0.25, 0.3) is 5.65 Å². The van der Waals surface area contributed by atoms with Crippen LogP contribution in [0.2, 0.25) is 0 Å². The van der Waals surface area contributed by atoms with Crippen molar-refractivity contribution in [3.63, 3.8) is 0 Å². The van der Waals surface area contributed by atoms with Gasteiger partial charge in [0.2, 0.25) is 5.91 Å². The Labute approximate surface area is 198 Å². The van der Waals surface area contributed by atoms with Gasteiger partial charge >= 0.3 is 0 Å². The summed E-state index contributed by atoms with van der Waals surface area (Å²) in [6, 6.07) is 0.896. The summed E-state index contributed by atoms with van der Waals surface area (Å²) in [5, 5.41) is 7.49. The van der Waals surface area contributed by atoms with Crippen molar-refractivity contribution in [3.05, 3.63) is 23.5 Å². The summed E-state index contributed by atoms with van der Waals surface area (Å²) in [4.78, 5) is 22.1. The number of aryl methyl sites for hydroxylation is 1. The normalized spacial score (nSPS) is 23.1. The molecule has 9 nitrogen and oxygen atoms in total. The summed E-state index contributed by atoms with van der Waals surface area (Å²) in [5.41, 5.74) is 14.9. The molecule has 0 radical (unpaired) electrons. The van der Waals surface area contributed by atoms with Crippen molar-refractivity contribution in [3.8, 4) is 0 Å². The van der Waals surface area contributed by atoms with Gasteiger partial charge in [-0.2, -0.15) is 5.10 Å². The van der Waals surface area contributed by atoms with E-state index in [0.29, 0.717) is 13.0 Å². The highest BCUT2D eigenvalue weighted by Gasteiger charge is 2.33. The Morgan fingerprint density at radius 1 is 1.29 bits per heavy atom. The summed E-state index contributed by atoms with van der Waals surface area (Å²) >= 11 is 0. The van der Waals surface area contributed by atoms with Crippen LogP contribution in [0.15, 0.2) is 12.3 Å². The molecule has 2 aliphatic heterocycles. The molecule has 2 saturated heterocycles. The van der Waals surface area contributed by atoms with E-state index in [4.69, 9.17) is 21.5 Å². The number of piperidine rings is 1. The van der Waals surface area contributed by atoms with Gasteiger partial charge in [0.05, 0.1) is 24.3 Å². The van der Waals surface area contributed by atoms with E-state index in [1.54, 1.807) is 11.4 Å². The first-order chi connectivity index (χ1) is 16.2. The third-order valence-corrected chi connectivity index (χ3v) is 6.82. The zero-order valence-corrected chi connectivity index (χ0v) is 20.0. The van der Waals surface area contributed by atoms with Crippen LogP contribution in [0.4, 0.5) is 14.6 Å². The van der Waals surface area contributed by atoms with E-state index >= 15 is 0 Å². The van der Waals surface area contributed by atoms with Crippen LogP contribution in [0, 0.1) is 6.92 Å². The van der Waals surface area contributed by atoms with Gasteiger partial charge in [0, 0.05) is 49.5 Å². The summed E-state index contributed by atoms with van der Waals surface area (Å²) in [6.45, 7) is 5.66. The second kappa shape index (κ2) is 10.5. The fourth-order valence-corrected chi connectivity index (χ4v) is 5.05. The molecule has 4 atom stereocenters. The van der Waals surface area contributed by atoms with Crippen molar-refractivity contribution in [1.82, 2.24) is 24.8 Å². The first-order valence-electron chi connectivity index (χ1n) is 12.2. The average molecular weight is 479 g/mol. The number of fused-ring (bicyclic) bond motifs is 1. The van der Waals surface area contributed by atoms with Gasteiger partial charge in [0.25, 0.3) is 6.43 Å². The molecule has 2 fully saturated rings. The highest BCUT2D eigenvalue weighted by Crippen LogP contribution is 2.32. The quantitative estimate of drug-likeness (QED) is 0.527. The molecule has 2 unspecified atom stereocenters. The van der Waals surface area contributed by atoms with Crippen molar-refractivity contribution in [2.75, 3.05) is 31.1 Å². The molecular formula is C23H36F2N8O. The van der Waals surface area contributed by atoms with Crippen LogP contribution in [0.5, 0.6) is 0 Å². The summed E-state index contributed by atoms with van der Waals surface area (Å²) in [5.74, 6) is 0.763. The monoisotopic (exact) mass is 478 g/mol. The topological polar surface area (TPSA) is 118 Å². The fourth-order valence-electron chi connectivity index (χ4n) is 5.05. The van der Waals surface area contributed by atoms with Gasteiger partial charge in [-0.05, 0) is 46.0 Å². The van der Waals surface area contributed by atoms with Crippen LogP contribution in [0.3, 0.4) is 0 Å².